The van der Waals surface area contributed by atoms with Gasteiger partial charge in [0.15, 0.2) is 0 Å². The molecule has 8 heteroatoms. The molecule has 1 aromatic heterocycles. The van der Waals surface area contributed by atoms with Crippen molar-refractivity contribution in [2.24, 2.45) is 0 Å². The summed E-state index contributed by atoms with van der Waals surface area (Å²) >= 11 is 0. The molecule has 106 valence electrons. The maximum atomic E-state index is 11.7. The van der Waals surface area contributed by atoms with Gasteiger partial charge in [-0.1, -0.05) is 0 Å². The lowest BCUT2D eigenvalue weighted by Crippen LogP contribution is -2.27. The van der Waals surface area contributed by atoms with Crippen molar-refractivity contribution in [1.29, 1.82) is 0 Å². The van der Waals surface area contributed by atoms with Crippen LogP contribution in [0.2, 0.25) is 0 Å². The fraction of sp³-hybridized carbons (Fsp3) is 0.333. The van der Waals surface area contributed by atoms with Crippen molar-refractivity contribution in [2.45, 2.75) is 0 Å². The Balaban J connectivity index is 2.60. The Morgan fingerprint density at radius 3 is 2.90 bits per heavy atom. The van der Waals surface area contributed by atoms with Crippen molar-refractivity contribution in [2.75, 3.05) is 32.1 Å². The lowest BCUT2D eigenvalue weighted by Gasteiger charge is -2.19. The molecule has 2 aromatic rings. The predicted octanol–water partition coefficient (Wildman–Crippen LogP) is 0.487. The van der Waals surface area contributed by atoms with Gasteiger partial charge in [0.1, 0.15) is 5.69 Å². The predicted molar refractivity (Wildman–Crippen MR) is 76.2 cm³/mol. The van der Waals surface area contributed by atoms with E-state index in [0.29, 0.717) is 24.3 Å². The highest BCUT2D eigenvalue weighted by Gasteiger charge is 2.19. The molecule has 8 nitrogen and oxygen atoms in total. The summed E-state index contributed by atoms with van der Waals surface area (Å²) in [6, 6.07) is 2.84. The molecule has 1 aromatic carbocycles. The Bertz CT molecular complexity index is 697. The standard InChI is InChI=1S/C12H15N5O3/c1-13-3-4-16(2)10-6-9-8(5-11(10)17(19)20)12(18)15-7-14-9/h5-7,13H,3-4H2,1-2H3,(H,14,15,18). The van der Waals surface area contributed by atoms with E-state index in [1.54, 1.807) is 18.0 Å². The van der Waals surface area contributed by atoms with Crippen LogP contribution < -0.4 is 15.8 Å². The number of nitro groups is 1. The van der Waals surface area contributed by atoms with Crippen molar-refractivity contribution in [3.63, 3.8) is 0 Å². The SMILES string of the molecule is CNCCN(C)c1cc2nc[nH]c(=O)c2cc1[N+](=O)[O-]. The Kier molecular flexibility index (Phi) is 3.94. The van der Waals surface area contributed by atoms with Crippen LogP contribution in [-0.2, 0) is 0 Å². The maximum Gasteiger partial charge on any atom is 0.293 e. The van der Waals surface area contributed by atoms with Crippen LogP contribution in [0.1, 0.15) is 0 Å². The number of likely N-dealkylation sites (N-methyl/N-ethyl adjacent to an activating group) is 2. The number of nitrogens with one attached hydrogen (secondary N) is 2. The molecular weight excluding hydrogens is 262 g/mol. The molecule has 0 saturated carbocycles. The summed E-state index contributed by atoms with van der Waals surface area (Å²) in [4.78, 5) is 30.6. The molecule has 0 fully saturated rings. The molecule has 0 spiro atoms. The molecule has 0 unspecified atom stereocenters. The van der Waals surface area contributed by atoms with Crippen molar-refractivity contribution < 1.29 is 4.92 Å². The lowest BCUT2D eigenvalue weighted by molar-refractivity contribution is -0.384. The molecule has 0 radical (unpaired) electrons. The van der Waals surface area contributed by atoms with E-state index in [1.807, 2.05) is 7.05 Å². The Morgan fingerprint density at radius 2 is 2.25 bits per heavy atom. The third-order valence-corrected chi connectivity index (χ3v) is 3.04. The molecule has 0 saturated heterocycles. The number of anilines is 1. The monoisotopic (exact) mass is 277 g/mol. The van der Waals surface area contributed by atoms with E-state index in [9.17, 15) is 14.9 Å². The topological polar surface area (TPSA) is 104 Å². The van der Waals surface area contributed by atoms with Crippen molar-refractivity contribution in [1.82, 2.24) is 15.3 Å². The number of hydrogen-bond acceptors (Lipinski definition) is 6. The van der Waals surface area contributed by atoms with Gasteiger partial charge in [0.05, 0.1) is 22.2 Å². The molecule has 0 aliphatic carbocycles. The Hall–Kier alpha value is -2.48. The fourth-order valence-electron chi connectivity index (χ4n) is 1.94. The number of fused-ring (bicyclic) bond motifs is 1. The third-order valence-electron chi connectivity index (χ3n) is 3.04. The number of nitro benzene ring substituents is 1. The van der Waals surface area contributed by atoms with Gasteiger partial charge in [-0.25, -0.2) is 4.98 Å². The average Bonchev–Trinajstić information content (AvgIpc) is 2.43. The summed E-state index contributed by atoms with van der Waals surface area (Å²) < 4.78 is 0. The summed E-state index contributed by atoms with van der Waals surface area (Å²) in [5.74, 6) is 0. The van der Waals surface area contributed by atoms with E-state index in [1.165, 1.54) is 12.4 Å². The molecule has 0 aliphatic rings. The van der Waals surface area contributed by atoms with Crippen LogP contribution >= 0.6 is 0 Å². The molecule has 2 rings (SSSR count). The second kappa shape index (κ2) is 5.66. The second-order valence-corrected chi connectivity index (χ2v) is 4.37. The number of aromatic nitrogens is 2. The average molecular weight is 277 g/mol. The van der Waals surface area contributed by atoms with E-state index in [4.69, 9.17) is 0 Å². The summed E-state index contributed by atoms with van der Waals surface area (Å²) in [6.45, 7) is 1.29. The first-order valence-corrected chi connectivity index (χ1v) is 6.06. The molecule has 0 bridgehead atoms. The minimum Gasteiger partial charge on any atom is -0.368 e. The molecule has 0 atom stereocenters. The zero-order valence-electron chi connectivity index (χ0n) is 11.2. The summed E-state index contributed by atoms with van der Waals surface area (Å²) in [5, 5.41) is 14.4. The number of aromatic amines is 1. The zero-order valence-corrected chi connectivity index (χ0v) is 11.2. The number of hydrogen-bond donors (Lipinski definition) is 2. The van der Waals surface area contributed by atoms with Gasteiger partial charge < -0.3 is 15.2 Å². The minimum atomic E-state index is -0.489. The summed E-state index contributed by atoms with van der Waals surface area (Å²) in [6.07, 6.45) is 1.29. The quantitative estimate of drug-likeness (QED) is 0.608. The van der Waals surface area contributed by atoms with E-state index < -0.39 is 4.92 Å². The number of benzene rings is 1. The highest BCUT2D eigenvalue weighted by Crippen LogP contribution is 2.30. The van der Waals surface area contributed by atoms with Crippen LogP contribution in [0.25, 0.3) is 10.9 Å². The first-order chi connectivity index (χ1) is 9.54. The highest BCUT2D eigenvalue weighted by molar-refractivity contribution is 5.86. The molecular formula is C12H15N5O3. The first-order valence-electron chi connectivity index (χ1n) is 6.06. The lowest BCUT2D eigenvalue weighted by atomic mass is 10.1. The zero-order chi connectivity index (χ0) is 14.7. The van der Waals surface area contributed by atoms with Gasteiger partial charge in [0.2, 0.25) is 0 Å². The summed E-state index contributed by atoms with van der Waals surface area (Å²) in [5.41, 5.74) is 0.388. The van der Waals surface area contributed by atoms with Gasteiger partial charge in [0.25, 0.3) is 11.2 Å². The van der Waals surface area contributed by atoms with Crippen LogP contribution in [0, 0.1) is 10.1 Å². The van der Waals surface area contributed by atoms with Crippen molar-refractivity contribution >= 4 is 22.3 Å². The van der Waals surface area contributed by atoms with Crippen LogP contribution in [0.3, 0.4) is 0 Å². The van der Waals surface area contributed by atoms with Crippen LogP contribution in [0.4, 0.5) is 11.4 Å². The Labute approximate surface area is 114 Å². The normalized spacial score (nSPS) is 10.7. The second-order valence-electron chi connectivity index (χ2n) is 4.37. The molecule has 1 heterocycles. The van der Waals surface area contributed by atoms with Crippen LogP contribution in [-0.4, -0.2) is 42.1 Å². The van der Waals surface area contributed by atoms with Gasteiger partial charge >= 0.3 is 0 Å². The van der Waals surface area contributed by atoms with E-state index in [0.717, 1.165) is 0 Å². The van der Waals surface area contributed by atoms with E-state index in [-0.39, 0.29) is 16.6 Å². The van der Waals surface area contributed by atoms with Crippen LogP contribution in [0.15, 0.2) is 23.3 Å². The van der Waals surface area contributed by atoms with E-state index in [2.05, 4.69) is 15.3 Å². The van der Waals surface area contributed by atoms with Gasteiger partial charge in [-0.3, -0.25) is 14.9 Å². The van der Waals surface area contributed by atoms with Crippen molar-refractivity contribution in [3.05, 3.63) is 38.9 Å². The fourth-order valence-corrected chi connectivity index (χ4v) is 1.94. The molecule has 2 N–H and O–H groups in total. The minimum absolute atomic E-state index is 0.102. The maximum absolute atomic E-state index is 11.7. The van der Waals surface area contributed by atoms with Crippen LogP contribution in [0.5, 0.6) is 0 Å². The van der Waals surface area contributed by atoms with Gasteiger partial charge in [-0.15, -0.1) is 0 Å². The van der Waals surface area contributed by atoms with Gasteiger partial charge in [0, 0.05) is 26.2 Å². The molecule has 20 heavy (non-hydrogen) atoms. The summed E-state index contributed by atoms with van der Waals surface area (Å²) in [7, 11) is 3.57. The smallest absolute Gasteiger partial charge is 0.293 e. The van der Waals surface area contributed by atoms with Gasteiger partial charge in [-0.2, -0.15) is 0 Å². The largest absolute Gasteiger partial charge is 0.368 e. The van der Waals surface area contributed by atoms with Crippen molar-refractivity contribution in [3.8, 4) is 0 Å². The number of nitrogens with zero attached hydrogens (tertiary/aromatic N) is 3. The number of H-pyrrole nitrogens is 1. The third kappa shape index (κ3) is 2.59. The van der Waals surface area contributed by atoms with Gasteiger partial charge in [-0.05, 0) is 13.1 Å². The Morgan fingerprint density at radius 1 is 1.50 bits per heavy atom. The molecule has 0 amide bonds. The highest BCUT2D eigenvalue weighted by atomic mass is 16.6. The number of rotatable bonds is 5. The first kappa shape index (κ1) is 13.9. The molecule has 0 aliphatic heterocycles. The van der Waals surface area contributed by atoms with E-state index >= 15 is 0 Å².